The normalized spacial score (nSPS) is 11.1. The van der Waals surface area contributed by atoms with Gasteiger partial charge in [0.25, 0.3) is 0 Å². The van der Waals surface area contributed by atoms with E-state index in [-0.39, 0.29) is 0 Å². The summed E-state index contributed by atoms with van der Waals surface area (Å²) in [5.74, 6) is 0. The van der Waals surface area contributed by atoms with Gasteiger partial charge in [-0.15, -0.1) is 2.78 Å². The van der Waals surface area contributed by atoms with E-state index in [1.54, 1.807) is 0 Å². The molecule has 0 saturated heterocycles. The lowest BCUT2D eigenvalue weighted by Crippen LogP contribution is -2.24. The average Bonchev–Trinajstić information content (AvgIpc) is 2.32. The summed E-state index contributed by atoms with van der Waals surface area (Å²) >= 11 is 2.35. The van der Waals surface area contributed by atoms with E-state index < -0.39 is 0 Å². The van der Waals surface area contributed by atoms with Gasteiger partial charge < -0.3 is 0 Å². The Morgan fingerprint density at radius 3 is 2.31 bits per heavy atom. The van der Waals surface area contributed by atoms with Gasteiger partial charge in [-0.1, -0.05) is 24.3 Å². The molecule has 1 nitrogen and oxygen atoms in total. The highest BCUT2D eigenvalue weighted by Crippen LogP contribution is 2.21. The summed E-state index contributed by atoms with van der Waals surface area (Å²) in [6, 6.07) is 17.3. The van der Waals surface area contributed by atoms with E-state index in [4.69, 9.17) is 0 Å². The van der Waals surface area contributed by atoms with Crippen LogP contribution in [0, 0.1) is 6.92 Å². The van der Waals surface area contributed by atoms with Crippen LogP contribution in [0.25, 0.3) is 21.7 Å². The molecule has 0 amide bonds. The fourth-order valence-corrected chi connectivity index (χ4v) is 2.59. The Morgan fingerprint density at radius 2 is 1.56 bits per heavy atom. The van der Waals surface area contributed by atoms with Crippen LogP contribution in [0.15, 0.2) is 48.5 Å². The lowest BCUT2D eigenvalue weighted by molar-refractivity contribution is -0.417. The molecule has 0 fully saturated rings. The first-order chi connectivity index (χ1) is 7.75. The van der Waals surface area contributed by atoms with Crippen LogP contribution >= 0.6 is 22.9 Å². The molecule has 2 aromatic carbocycles. The molecule has 0 spiro atoms. The molecule has 1 heterocycles. The van der Waals surface area contributed by atoms with Crippen molar-refractivity contribution in [2.24, 2.45) is 0 Å². The highest BCUT2D eigenvalue weighted by Gasteiger charge is 2.10. The minimum atomic E-state index is 1.27. The minimum Gasteiger partial charge on any atom is -0.134 e. The molecule has 16 heavy (non-hydrogen) atoms. The Bertz CT molecular complexity index is 689. The van der Waals surface area contributed by atoms with Gasteiger partial charge in [-0.2, -0.15) is 0 Å². The molecule has 1 aromatic heterocycles. The monoisotopic (exact) mass is 320 g/mol. The Kier molecular flexibility index (Phi) is 2.32. The van der Waals surface area contributed by atoms with Crippen molar-refractivity contribution in [1.29, 1.82) is 0 Å². The molecular formula is C14H11IN+. The molecular weight excluding hydrogens is 309 g/mol. The van der Waals surface area contributed by atoms with Gasteiger partial charge in [0.1, 0.15) is 0 Å². The number of aryl methyl sites for hydroxylation is 1. The Labute approximate surface area is 108 Å². The molecule has 0 bridgehead atoms. The zero-order valence-electron chi connectivity index (χ0n) is 8.94. The van der Waals surface area contributed by atoms with E-state index >= 15 is 0 Å². The molecule has 2 heteroatoms. The minimum absolute atomic E-state index is 1.27. The third-order valence-electron chi connectivity index (χ3n) is 2.92. The van der Waals surface area contributed by atoms with E-state index in [9.17, 15) is 0 Å². The number of hydrogen-bond acceptors (Lipinski definition) is 0. The van der Waals surface area contributed by atoms with Crippen LogP contribution in [0.5, 0.6) is 0 Å². The quantitative estimate of drug-likeness (QED) is 0.438. The molecule has 3 rings (SSSR count). The van der Waals surface area contributed by atoms with Crippen LogP contribution in [-0.2, 0) is 0 Å². The first-order valence-electron chi connectivity index (χ1n) is 5.26. The van der Waals surface area contributed by atoms with Gasteiger partial charge in [0, 0.05) is 24.4 Å². The van der Waals surface area contributed by atoms with Gasteiger partial charge in [0.2, 0.25) is 5.52 Å². The van der Waals surface area contributed by atoms with Crippen molar-refractivity contribution >= 4 is 44.5 Å². The zero-order chi connectivity index (χ0) is 11.1. The number of nitrogens with zero attached hydrogens (tertiary/aromatic N) is 1. The fraction of sp³-hybridized carbons (Fsp3) is 0.0714. The summed E-state index contributed by atoms with van der Waals surface area (Å²) < 4.78 is 2.21. The second-order valence-corrected chi connectivity index (χ2v) is 4.98. The number of rotatable bonds is 0. The summed E-state index contributed by atoms with van der Waals surface area (Å²) in [6.45, 7) is 2.13. The second kappa shape index (κ2) is 3.70. The zero-order valence-corrected chi connectivity index (χ0v) is 11.1. The summed E-state index contributed by atoms with van der Waals surface area (Å²) in [7, 11) is 0. The highest BCUT2D eigenvalue weighted by atomic mass is 127. The number of hydrogen-bond donors (Lipinski definition) is 0. The molecule has 0 radical (unpaired) electrons. The summed E-state index contributed by atoms with van der Waals surface area (Å²) in [5, 5.41) is 3.89. The molecule has 0 N–H and O–H groups in total. The van der Waals surface area contributed by atoms with Crippen molar-refractivity contribution in [1.82, 2.24) is 0 Å². The predicted molar refractivity (Wildman–Crippen MR) is 75.8 cm³/mol. The van der Waals surface area contributed by atoms with Gasteiger partial charge in [-0.05, 0) is 22.9 Å². The Morgan fingerprint density at radius 1 is 0.875 bits per heavy atom. The molecule has 3 aromatic rings. The molecule has 0 saturated carbocycles. The third kappa shape index (κ3) is 1.48. The van der Waals surface area contributed by atoms with E-state index in [0.29, 0.717) is 0 Å². The van der Waals surface area contributed by atoms with Crippen LogP contribution in [-0.4, -0.2) is 0 Å². The van der Waals surface area contributed by atoms with Crippen LogP contribution in [0.3, 0.4) is 0 Å². The topological polar surface area (TPSA) is 3.88 Å². The first-order valence-corrected chi connectivity index (χ1v) is 6.22. The molecule has 0 atom stereocenters. The smallest absolute Gasteiger partial charge is 0.134 e. The van der Waals surface area contributed by atoms with Gasteiger partial charge in [-0.25, -0.2) is 0 Å². The second-order valence-electron chi connectivity index (χ2n) is 4.01. The summed E-state index contributed by atoms with van der Waals surface area (Å²) in [6.07, 6.45) is 0. The van der Waals surface area contributed by atoms with Crippen LogP contribution in [0.4, 0.5) is 0 Å². The van der Waals surface area contributed by atoms with Gasteiger partial charge in [0.15, 0.2) is 5.69 Å². The number of halogens is 1. The molecule has 0 aliphatic rings. The SMILES string of the molecule is Cc1ccc2cc3ccccc3cc2[n+]1I. The van der Waals surface area contributed by atoms with Crippen molar-refractivity contribution < 1.29 is 2.78 Å². The molecule has 78 valence electrons. The number of benzene rings is 2. The van der Waals surface area contributed by atoms with Crippen molar-refractivity contribution in [3.8, 4) is 0 Å². The van der Waals surface area contributed by atoms with Gasteiger partial charge in [0.05, 0.1) is 0 Å². The molecule has 0 aliphatic heterocycles. The van der Waals surface area contributed by atoms with Gasteiger partial charge in [-0.3, -0.25) is 0 Å². The Balaban J connectivity index is 2.51. The number of fused-ring (bicyclic) bond motifs is 2. The van der Waals surface area contributed by atoms with Crippen molar-refractivity contribution in [3.05, 3.63) is 54.2 Å². The summed E-state index contributed by atoms with van der Waals surface area (Å²) in [5.41, 5.74) is 2.54. The third-order valence-corrected chi connectivity index (χ3v) is 4.20. The van der Waals surface area contributed by atoms with Crippen molar-refractivity contribution in [2.75, 3.05) is 0 Å². The van der Waals surface area contributed by atoms with Crippen molar-refractivity contribution in [3.63, 3.8) is 0 Å². The lowest BCUT2D eigenvalue weighted by Gasteiger charge is -2.00. The van der Waals surface area contributed by atoms with Crippen LogP contribution in [0.1, 0.15) is 5.69 Å². The van der Waals surface area contributed by atoms with E-state index in [1.807, 2.05) is 0 Å². The van der Waals surface area contributed by atoms with E-state index in [2.05, 4.69) is 81.1 Å². The fourth-order valence-electron chi connectivity index (χ4n) is 2.02. The standard InChI is InChI=1S/C14H11IN/c1-10-6-7-13-8-11-4-2-3-5-12(11)9-14(13)16(10)15/h2-9H,1H3/q+1. The van der Waals surface area contributed by atoms with Gasteiger partial charge >= 0.3 is 22.9 Å². The highest BCUT2D eigenvalue weighted by molar-refractivity contribution is 14.1. The maximum Gasteiger partial charge on any atom is 0.354 e. The van der Waals surface area contributed by atoms with E-state index in [1.165, 1.54) is 27.4 Å². The maximum absolute atomic E-state index is 2.35. The summed E-state index contributed by atoms with van der Waals surface area (Å²) in [4.78, 5) is 0. The van der Waals surface area contributed by atoms with Crippen LogP contribution in [0.2, 0.25) is 0 Å². The van der Waals surface area contributed by atoms with Crippen LogP contribution < -0.4 is 2.78 Å². The molecule has 0 aliphatic carbocycles. The number of aromatic nitrogens is 1. The lowest BCUT2D eigenvalue weighted by atomic mass is 10.1. The Hall–Kier alpha value is -1.16. The van der Waals surface area contributed by atoms with Crippen molar-refractivity contribution in [2.45, 2.75) is 6.92 Å². The predicted octanol–water partition coefficient (Wildman–Crippen LogP) is 3.79. The van der Waals surface area contributed by atoms with E-state index in [0.717, 1.165) is 0 Å². The largest absolute Gasteiger partial charge is 0.354 e. The first kappa shape index (κ1) is 10.0. The maximum atomic E-state index is 2.35. The number of pyridine rings is 1. The molecule has 0 unspecified atom stereocenters. The average molecular weight is 320 g/mol.